The first-order valence-corrected chi connectivity index (χ1v) is 7.58. The van der Waals surface area contributed by atoms with Gasteiger partial charge in [0.2, 0.25) is 0 Å². The van der Waals surface area contributed by atoms with Crippen LogP contribution in [-0.4, -0.2) is 26.6 Å². The minimum Gasteiger partial charge on any atom is -0.295 e. The minimum absolute atomic E-state index is 0.0804. The van der Waals surface area contributed by atoms with Gasteiger partial charge in [0.1, 0.15) is 0 Å². The molecule has 0 amide bonds. The fourth-order valence-corrected chi connectivity index (χ4v) is 2.31. The highest BCUT2D eigenvalue weighted by molar-refractivity contribution is 7.86. The third kappa shape index (κ3) is 6.31. The van der Waals surface area contributed by atoms with Crippen molar-refractivity contribution < 1.29 is 17.4 Å². The molecule has 0 saturated heterocycles. The molecular formula is C14H18O4S. The van der Waals surface area contributed by atoms with Crippen molar-refractivity contribution in [1.82, 2.24) is 0 Å². The Kier molecular flexibility index (Phi) is 5.92. The van der Waals surface area contributed by atoms with E-state index in [0.29, 0.717) is 12.0 Å². The molecule has 5 heteroatoms. The quantitative estimate of drug-likeness (QED) is 0.541. The monoisotopic (exact) mass is 282 g/mol. The van der Waals surface area contributed by atoms with E-state index in [1.807, 2.05) is 30.3 Å². The summed E-state index contributed by atoms with van der Waals surface area (Å²) in [6.45, 7) is 5.12. The van der Waals surface area contributed by atoms with E-state index in [4.69, 9.17) is 4.18 Å². The lowest BCUT2D eigenvalue weighted by Gasteiger charge is -2.05. The van der Waals surface area contributed by atoms with Crippen LogP contribution in [0.3, 0.4) is 0 Å². The number of hydrogen-bond acceptors (Lipinski definition) is 4. The van der Waals surface area contributed by atoms with Crippen LogP contribution in [0.1, 0.15) is 18.9 Å². The van der Waals surface area contributed by atoms with Gasteiger partial charge in [0.05, 0.1) is 12.4 Å². The molecule has 1 aromatic rings. The smallest absolute Gasteiger partial charge is 0.267 e. The second-order valence-electron chi connectivity index (χ2n) is 4.27. The minimum atomic E-state index is -3.64. The number of allylic oxidation sites excluding steroid dienone is 1. The highest BCUT2D eigenvalue weighted by Crippen LogP contribution is 2.04. The Labute approximate surface area is 114 Å². The lowest BCUT2D eigenvalue weighted by molar-refractivity contribution is -0.115. The molecule has 0 aliphatic heterocycles. The van der Waals surface area contributed by atoms with Gasteiger partial charge in [0, 0.05) is 6.42 Å². The highest BCUT2D eigenvalue weighted by atomic mass is 32.2. The van der Waals surface area contributed by atoms with E-state index in [1.54, 1.807) is 6.92 Å². The summed E-state index contributed by atoms with van der Waals surface area (Å²) in [6.07, 6.45) is 0.442. The molecular weight excluding hydrogens is 264 g/mol. The van der Waals surface area contributed by atoms with E-state index < -0.39 is 10.1 Å². The highest BCUT2D eigenvalue weighted by Gasteiger charge is 2.14. The Morgan fingerprint density at radius 2 is 1.89 bits per heavy atom. The summed E-state index contributed by atoms with van der Waals surface area (Å²) >= 11 is 0. The van der Waals surface area contributed by atoms with Gasteiger partial charge in [-0.3, -0.25) is 8.98 Å². The molecule has 0 spiro atoms. The van der Waals surface area contributed by atoms with Crippen LogP contribution < -0.4 is 0 Å². The number of benzene rings is 1. The summed E-state index contributed by atoms with van der Waals surface area (Å²) in [5, 5.41) is 0. The zero-order valence-electron chi connectivity index (χ0n) is 11.0. The van der Waals surface area contributed by atoms with Gasteiger partial charge in [-0.1, -0.05) is 36.9 Å². The summed E-state index contributed by atoms with van der Waals surface area (Å²) < 4.78 is 27.9. The van der Waals surface area contributed by atoms with Crippen molar-refractivity contribution in [3.05, 3.63) is 48.0 Å². The first-order valence-electron chi connectivity index (χ1n) is 6.00. The van der Waals surface area contributed by atoms with E-state index in [2.05, 4.69) is 6.58 Å². The Hall–Kier alpha value is -1.46. The normalized spacial score (nSPS) is 11.2. The molecule has 0 radical (unpaired) electrons. The molecule has 0 aliphatic carbocycles. The second kappa shape index (κ2) is 7.21. The van der Waals surface area contributed by atoms with Gasteiger partial charge in [0.15, 0.2) is 5.78 Å². The molecule has 0 aromatic heterocycles. The fraction of sp³-hybridized carbons (Fsp3) is 0.357. The maximum Gasteiger partial charge on any atom is 0.267 e. The molecule has 0 atom stereocenters. The van der Waals surface area contributed by atoms with E-state index in [9.17, 15) is 13.2 Å². The van der Waals surface area contributed by atoms with E-state index >= 15 is 0 Å². The van der Waals surface area contributed by atoms with Crippen molar-refractivity contribution in [2.24, 2.45) is 0 Å². The van der Waals surface area contributed by atoms with Gasteiger partial charge in [-0.15, -0.1) is 0 Å². The molecule has 0 bridgehead atoms. The Morgan fingerprint density at radius 1 is 1.26 bits per heavy atom. The second-order valence-corrected chi connectivity index (χ2v) is 6.03. The number of carbonyl (C=O) groups is 1. The predicted molar refractivity (Wildman–Crippen MR) is 74.3 cm³/mol. The van der Waals surface area contributed by atoms with Crippen LogP contribution in [0.2, 0.25) is 0 Å². The molecule has 1 aromatic carbocycles. The third-order valence-corrected chi connectivity index (χ3v) is 3.78. The summed E-state index contributed by atoms with van der Waals surface area (Å²) in [5.41, 5.74) is 1.37. The Balaban J connectivity index is 2.35. The molecule has 0 N–H and O–H groups in total. The summed E-state index contributed by atoms with van der Waals surface area (Å²) in [5.74, 6) is -0.553. The first-order chi connectivity index (χ1) is 8.91. The molecule has 19 heavy (non-hydrogen) atoms. The lowest BCUT2D eigenvalue weighted by Crippen LogP contribution is -2.15. The zero-order chi connectivity index (χ0) is 14.3. The maximum absolute atomic E-state index is 11.5. The number of carbonyl (C=O) groups excluding carboxylic acids is 1. The maximum atomic E-state index is 11.5. The van der Waals surface area contributed by atoms with Gasteiger partial charge >= 0.3 is 0 Å². The largest absolute Gasteiger partial charge is 0.295 e. The summed E-state index contributed by atoms with van der Waals surface area (Å²) in [7, 11) is -3.64. The predicted octanol–water partition coefficient (Wildman–Crippen LogP) is 2.11. The van der Waals surface area contributed by atoms with Gasteiger partial charge in [-0.2, -0.15) is 8.42 Å². The lowest BCUT2D eigenvalue weighted by atomic mass is 10.2. The van der Waals surface area contributed by atoms with Crippen LogP contribution >= 0.6 is 0 Å². The zero-order valence-corrected chi connectivity index (χ0v) is 11.8. The van der Waals surface area contributed by atoms with Crippen LogP contribution in [0.4, 0.5) is 0 Å². The van der Waals surface area contributed by atoms with Gasteiger partial charge in [-0.25, -0.2) is 0 Å². The van der Waals surface area contributed by atoms with Gasteiger partial charge in [0.25, 0.3) is 10.1 Å². The van der Waals surface area contributed by atoms with Crippen LogP contribution in [0.25, 0.3) is 0 Å². The van der Waals surface area contributed by atoms with Crippen molar-refractivity contribution in [2.45, 2.75) is 19.8 Å². The molecule has 104 valence electrons. The number of Topliss-reactive ketones (excluding diaryl/α,β-unsaturated/α-hetero) is 1. The van der Waals surface area contributed by atoms with Crippen LogP contribution in [0.5, 0.6) is 0 Å². The van der Waals surface area contributed by atoms with Gasteiger partial charge < -0.3 is 0 Å². The Morgan fingerprint density at radius 3 is 2.47 bits per heavy atom. The molecule has 0 unspecified atom stereocenters. The molecule has 4 nitrogen and oxygen atoms in total. The van der Waals surface area contributed by atoms with Crippen molar-refractivity contribution in [1.29, 1.82) is 0 Å². The SMILES string of the molecule is C=C(C)C(=O)CCS(=O)(=O)OCCc1ccccc1. The number of hydrogen-bond donors (Lipinski definition) is 0. The van der Waals surface area contributed by atoms with Crippen molar-refractivity contribution >= 4 is 15.9 Å². The van der Waals surface area contributed by atoms with Crippen LogP contribution in [0.15, 0.2) is 42.5 Å². The molecule has 0 heterocycles. The molecule has 1 rings (SSSR count). The van der Waals surface area contributed by atoms with E-state index in [-0.39, 0.29) is 24.6 Å². The molecule has 0 saturated carbocycles. The van der Waals surface area contributed by atoms with Gasteiger partial charge in [-0.05, 0) is 24.5 Å². The van der Waals surface area contributed by atoms with Crippen LogP contribution in [-0.2, 0) is 25.5 Å². The number of ketones is 1. The standard InChI is InChI=1S/C14H18O4S/c1-12(2)14(15)9-11-19(16,17)18-10-8-13-6-4-3-5-7-13/h3-7H,1,8-11H2,2H3. The first kappa shape index (κ1) is 15.6. The average Bonchev–Trinajstić information content (AvgIpc) is 2.37. The topological polar surface area (TPSA) is 60.4 Å². The third-order valence-electron chi connectivity index (χ3n) is 2.55. The van der Waals surface area contributed by atoms with Crippen molar-refractivity contribution in [3.8, 4) is 0 Å². The van der Waals surface area contributed by atoms with Crippen molar-refractivity contribution in [2.75, 3.05) is 12.4 Å². The van der Waals surface area contributed by atoms with E-state index in [0.717, 1.165) is 5.56 Å². The number of rotatable bonds is 8. The van der Waals surface area contributed by atoms with E-state index in [1.165, 1.54) is 0 Å². The Bertz CT molecular complexity index is 532. The molecule has 0 fully saturated rings. The average molecular weight is 282 g/mol. The van der Waals surface area contributed by atoms with Crippen LogP contribution in [0, 0.1) is 0 Å². The summed E-state index contributed by atoms with van der Waals surface area (Å²) in [4.78, 5) is 11.3. The summed E-state index contributed by atoms with van der Waals surface area (Å²) in [6, 6.07) is 9.47. The fourth-order valence-electron chi connectivity index (χ4n) is 1.42. The van der Waals surface area contributed by atoms with Crippen molar-refractivity contribution in [3.63, 3.8) is 0 Å². The molecule has 0 aliphatic rings.